The largest absolute Gasteiger partial charge is 0.462 e. The summed E-state index contributed by atoms with van der Waals surface area (Å²) in [5, 5.41) is 3.53. The van der Waals surface area contributed by atoms with Crippen molar-refractivity contribution in [3.63, 3.8) is 0 Å². The second-order valence-electron chi connectivity index (χ2n) is 6.03. The number of esters is 1. The van der Waals surface area contributed by atoms with Crippen LogP contribution in [0.5, 0.6) is 0 Å². The molecule has 1 aliphatic heterocycles. The number of carbonyl (C=O) groups excluding carboxylic acids is 1. The maximum Gasteiger partial charge on any atom is 0.436 e. The van der Waals surface area contributed by atoms with Gasteiger partial charge in [0.1, 0.15) is 11.4 Å². The Morgan fingerprint density at radius 3 is 2.58 bits per heavy atom. The molecule has 1 aliphatic rings. The zero-order valence-electron chi connectivity index (χ0n) is 14.3. The van der Waals surface area contributed by atoms with E-state index in [4.69, 9.17) is 0 Å². The van der Waals surface area contributed by atoms with Crippen molar-refractivity contribution in [1.82, 2.24) is 14.8 Å². The first-order valence-electron chi connectivity index (χ1n) is 8.40. The first-order valence-corrected chi connectivity index (χ1v) is 8.40. The van der Waals surface area contributed by atoms with Crippen LogP contribution in [0.1, 0.15) is 41.4 Å². The maximum atomic E-state index is 13.1. The molecule has 0 saturated carbocycles. The number of carbonyl (C=O) groups is 1. The predicted molar refractivity (Wildman–Crippen MR) is 88.0 cm³/mol. The van der Waals surface area contributed by atoms with Crippen LogP contribution < -0.4 is 4.90 Å². The van der Waals surface area contributed by atoms with Crippen molar-refractivity contribution in [3.05, 3.63) is 41.3 Å². The van der Waals surface area contributed by atoms with E-state index in [0.717, 1.165) is 42.6 Å². The monoisotopic (exact) mass is 368 g/mol. The fourth-order valence-electron chi connectivity index (χ4n) is 2.90. The zero-order chi connectivity index (χ0) is 18.7. The zero-order valence-corrected chi connectivity index (χ0v) is 14.3. The maximum absolute atomic E-state index is 13.1. The van der Waals surface area contributed by atoms with Gasteiger partial charge in [0, 0.05) is 25.5 Å². The Morgan fingerprint density at radius 1 is 1.27 bits per heavy atom. The third kappa shape index (κ3) is 3.97. The van der Waals surface area contributed by atoms with E-state index >= 15 is 0 Å². The van der Waals surface area contributed by atoms with Gasteiger partial charge in [-0.1, -0.05) is 6.07 Å². The number of nitrogens with zero attached hydrogens (tertiary/aromatic N) is 4. The summed E-state index contributed by atoms with van der Waals surface area (Å²) in [5.41, 5.74) is -1.13. The standard InChI is InChI=1S/C17H19F3N4O2/c1-2-26-16(25)13-11-24(22-15(13)17(18,19)20)10-12-5-6-14(21-9-12)23-7-3-4-8-23/h5-6,9,11H,2-4,7-8,10H2,1H3. The van der Waals surface area contributed by atoms with E-state index in [9.17, 15) is 18.0 Å². The molecule has 3 rings (SSSR count). The highest BCUT2D eigenvalue weighted by atomic mass is 19.4. The van der Waals surface area contributed by atoms with Gasteiger partial charge in [0.05, 0.1) is 13.2 Å². The van der Waals surface area contributed by atoms with Crippen LogP contribution in [0.25, 0.3) is 0 Å². The van der Waals surface area contributed by atoms with Crippen LogP contribution in [-0.4, -0.2) is 40.4 Å². The summed E-state index contributed by atoms with van der Waals surface area (Å²) in [6.45, 7) is 3.52. The lowest BCUT2D eigenvalue weighted by atomic mass is 10.2. The molecule has 0 amide bonds. The Balaban J connectivity index is 1.79. The minimum Gasteiger partial charge on any atom is -0.462 e. The molecule has 1 saturated heterocycles. The van der Waals surface area contributed by atoms with Crippen LogP contribution in [0.3, 0.4) is 0 Å². The van der Waals surface area contributed by atoms with Crippen LogP contribution >= 0.6 is 0 Å². The molecule has 0 atom stereocenters. The minimum atomic E-state index is -4.73. The first-order chi connectivity index (χ1) is 12.4. The predicted octanol–water partition coefficient (Wildman–Crippen LogP) is 3.12. The number of pyridine rings is 1. The van der Waals surface area contributed by atoms with Gasteiger partial charge in [-0.25, -0.2) is 9.78 Å². The highest BCUT2D eigenvalue weighted by molar-refractivity contribution is 5.90. The van der Waals surface area contributed by atoms with Crippen molar-refractivity contribution < 1.29 is 22.7 Å². The topological polar surface area (TPSA) is 60.2 Å². The number of ether oxygens (including phenoxy) is 1. The van der Waals surface area contributed by atoms with Crippen LogP contribution in [-0.2, 0) is 17.5 Å². The van der Waals surface area contributed by atoms with E-state index in [2.05, 4.69) is 19.7 Å². The van der Waals surface area contributed by atoms with Crippen LogP contribution in [0.2, 0.25) is 0 Å². The minimum absolute atomic E-state index is 0.0107. The van der Waals surface area contributed by atoms with Crippen LogP contribution in [0.4, 0.5) is 19.0 Å². The lowest BCUT2D eigenvalue weighted by Crippen LogP contribution is -2.18. The lowest BCUT2D eigenvalue weighted by molar-refractivity contribution is -0.142. The molecule has 9 heteroatoms. The fourth-order valence-corrected chi connectivity index (χ4v) is 2.90. The SMILES string of the molecule is CCOC(=O)c1cn(Cc2ccc(N3CCCC3)nc2)nc1C(F)(F)F. The van der Waals surface area contributed by atoms with E-state index in [1.54, 1.807) is 12.3 Å². The second-order valence-corrected chi connectivity index (χ2v) is 6.03. The van der Waals surface area contributed by atoms with Gasteiger partial charge in [-0.05, 0) is 31.4 Å². The van der Waals surface area contributed by atoms with Crippen molar-refractivity contribution in [2.75, 3.05) is 24.6 Å². The smallest absolute Gasteiger partial charge is 0.436 e. The van der Waals surface area contributed by atoms with E-state index < -0.39 is 23.4 Å². The Kier molecular flexibility index (Phi) is 5.15. The van der Waals surface area contributed by atoms with Crippen molar-refractivity contribution in [3.8, 4) is 0 Å². The van der Waals surface area contributed by atoms with Gasteiger partial charge in [-0.15, -0.1) is 0 Å². The first kappa shape index (κ1) is 18.2. The van der Waals surface area contributed by atoms with Gasteiger partial charge < -0.3 is 9.64 Å². The Hall–Kier alpha value is -2.58. The number of alkyl halides is 3. The molecule has 0 unspecified atom stereocenters. The van der Waals surface area contributed by atoms with Crippen molar-refractivity contribution in [2.24, 2.45) is 0 Å². The highest BCUT2D eigenvalue weighted by Gasteiger charge is 2.39. The molecule has 0 radical (unpaired) electrons. The average molecular weight is 368 g/mol. The summed E-state index contributed by atoms with van der Waals surface area (Å²) >= 11 is 0. The van der Waals surface area contributed by atoms with Gasteiger partial charge in [0.2, 0.25) is 0 Å². The molecular formula is C17H19F3N4O2. The van der Waals surface area contributed by atoms with Crippen molar-refractivity contribution >= 4 is 11.8 Å². The van der Waals surface area contributed by atoms with Gasteiger partial charge in [-0.2, -0.15) is 18.3 Å². The average Bonchev–Trinajstić information content (AvgIpc) is 3.25. The van der Waals surface area contributed by atoms with Gasteiger partial charge in [0.15, 0.2) is 5.69 Å². The molecule has 0 spiro atoms. The number of hydrogen-bond donors (Lipinski definition) is 0. The van der Waals surface area contributed by atoms with Crippen molar-refractivity contribution in [2.45, 2.75) is 32.5 Å². The summed E-state index contributed by atoms with van der Waals surface area (Å²) in [7, 11) is 0. The van der Waals surface area contributed by atoms with E-state index in [0.29, 0.717) is 5.56 Å². The van der Waals surface area contributed by atoms with Crippen LogP contribution in [0, 0.1) is 0 Å². The number of hydrogen-bond acceptors (Lipinski definition) is 5. The molecule has 0 aliphatic carbocycles. The number of anilines is 1. The molecule has 6 nitrogen and oxygen atoms in total. The molecule has 26 heavy (non-hydrogen) atoms. The highest BCUT2D eigenvalue weighted by Crippen LogP contribution is 2.31. The number of aromatic nitrogens is 3. The molecule has 0 aromatic carbocycles. The molecule has 0 N–H and O–H groups in total. The Morgan fingerprint density at radius 2 is 2.00 bits per heavy atom. The third-order valence-electron chi connectivity index (χ3n) is 4.11. The fraction of sp³-hybridized carbons (Fsp3) is 0.471. The number of halogens is 3. The molecule has 1 fully saturated rings. The van der Waals surface area contributed by atoms with Gasteiger partial charge >= 0.3 is 12.1 Å². The molecular weight excluding hydrogens is 349 g/mol. The summed E-state index contributed by atoms with van der Waals surface area (Å²) in [6, 6.07) is 3.65. The number of rotatable bonds is 5. The molecule has 140 valence electrons. The summed E-state index contributed by atoms with van der Waals surface area (Å²) in [4.78, 5) is 18.3. The van der Waals surface area contributed by atoms with Crippen molar-refractivity contribution in [1.29, 1.82) is 0 Å². The molecule has 2 aromatic rings. The second kappa shape index (κ2) is 7.35. The van der Waals surface area contributed by atoms with Gasteiger partial charge in [0.25, 0.3) is 0 Å². The third-order valence-corrected chi connectivity index (χ3v) is 4.11. The van der Waals surface area contributed by atoms with Gasteiger partial charge in [-0.3, -0.25) is 4.68 Å². The van der Waals surface area contributed by atoms with Crippen LogP contribution in [0.15, 0.2) is 24.5 Å². The normalized spacial score (nSPS) is 14.7. The summed E-state index contributed by atoms with van der Waals surface area (Å²) < 4.78 is 45.2. The summed E-state index contributed by atoms with van der Waals surface area (Å²) in [5.74, 6) is -0.177. The summed E-state index contributed by atoms with van der Waals surface area (Å²) in [6.07, 6.45) is 0.216. The van der Waals surface area contributed by atoms with E-state index in [1.165, 1.54) is 6.92 Å². The van der Waals surface area contributed by atoms with E-state index in [-0.39, 0.29) is 13.2 Å². The molecule has 0 bridgehead atoms. The quantitative estimate of drug-likeness (QED) is 0.759. The van der Waals surface area contributed by atoms with E-state index in [1.807, 2.05) is 6.07 Å². The molecule has 2 aromatic heterocycles. The Bertz CT molecular complexity index is 765. The Labute approximate surface area is 148 Å². The lowest BCUT2D eigenvalue weighted by Gasteiger charge is -2.16. The molecule has 3 heterocycles.